The number of piperidine rings is 1. The number of fused-ring (bicyclic) bond motifs is 3. The fraction of sp³-hybridized carbons (Fsp3) is 0.290. The molecule has 5 heterocycles. The van der Waals surface area contributed by atoms with E-state index in [9.17, 15) is 10.5 Å². The van der Waals surface area contributed by atoms with E-state index in [1.54, 1.807) is 12.4 Å². The number of nitriles is 2. The number of pyridine rings is 3. The second-order valence-electron chi connectivity index (χ2n) is 10.7. The van der Waals surface area contributed by atoms with Crippen molar-refractivity contribution in [2.45, 2.75) is 38.5 Å². The van der Waals surface area contributed by atoms with E-state index in [-0.39, 0.29) is 0 Å². The summed E-state index contributed by atoms with van der Waals surface area (Å²) in [7, 11) is 1.87. The van der Waals surface area contributed by atoms with Crippen molar-refractivity contribution in [3.8, 4) is 29.1 Å². The molecule has 0 unspecified atom stereocenters. The van der Waals surface area contributed by atoms with Gasteiger partial charge in [0.05, 0.1) is 51.8 Å². The van der Waals surface area contributed by atoms with E-state index in [1.165, 1.54) is 19.3 Å². The van der Waals surface area contributed by atoms with E-state index < -0.39 is 5.41 Å². The molecule has 1 aliphatic rings. The van der Waals surface area contributed by atoms with Crippen LogP contribution in [0.25, 0.3) is 38.8 Å². The minimum Gasteiger partial charge on any atom is -0.357 e. The molecule has 40 heavy (non-hydrogen) atoms. The molecule has 0 atom stereocenters. The van der Waals surface area contributed by atoms with Crippen molar-refractivity contribution >= 4 is 27.8 Å². The van der Waals surface area contributed by atoms with Crippen LogP contribution in [0.2, 0.25) is 0 Å². The SMILES string of the molecule is Cn1c(=NC#N)n(-c2ccc(C(C)(C)C#N)nc2)c2c3cc(-c4ccc(N5CCCCC5)nc4)ccc3ncc21. The summed E-state index contributed by atoms with van der Waals surface area (Å²) in [6.45, 7) is 5.79. The Morgan fingerprint density at radius 3 is 2.35 bits per heavy atom. The summed E-state index contributed by atoms with van der Waals surface area (Å²) in [5.41, 5.74) is 5.73. The van der Waals surface area contributed by atoms with E-state index in [2.05, 4.69) is 45.2 Å². The molecule has 0 spiro atoms. The molecule has 9 heteroatoms. The molecule has 0 bridgehead atoms. The lowest BCUT2D eigenvalue weighted by Gasteiger charge is -2.27. The van der Waals surface area contributed by atoms with Gasteiger partial charge in [-0.25, -0.2) is 4.98 Å². The van der Waals surface area contributed by atoms with Gasteiger partial charge in [-0.3, -0.25) is 14.5 Å². The van der Waals surface area contributed by atoms with Crippen LogP contribution in [-0.2, 0) is 12.5 Å². The number of imidazole rings is 1. The summed E-state index contributed by atoms with van der Waals surface area (Å²) >= 11 is 0. The predicted octanol–water partition coefficient (Wildman–Crippen LogP) is 5.15. The van der Waals surface area contributed by atoms with Crippen LogP contribution in [0.1, 0.15) is 38.8 Å². The third-order valence-corrected chi connectivity index (χ3v) is 7.74. The zero-order valence-electron chi connectivity index (χ0n) is 22.8. The number of hydrogen-bond donors (Lipinski definition) is 0. The highest BCUT2D eigenvalue weighted by Gasteiger charge is 2.22. The Morgan fingerprint density at radius 2 is 1.68 bits per heavy atom. The molecule has 0 aliphatic carbocycles. The molecule has 198 valence electrons. The van der Waals surface area contributed by atoms with Crippen LogP contribution in [0, 0.1) is 22.8 Å². The average molecular weight is 528 g/mol. The van der Waals surface area contributed by atoms with Gasteiger partial charge in [-0.2, -0.15) is 10.5 Å². The Kier molecular flexibility index (Phi) is 6.28. The molecule has 0 N–H and O–H groups in total. The Balaban J connectivity index is 1.52. The van der Waals surface area contributed by atoms with E-state index in [0.717, 1.165) is 57.7 Å². The summed E-state index contributed by atoms with van der Waals surface area (Å²) in [6.07, 6.45) is 11.1. The van der Waals surface area contributed by atoms with Gasteiger partial charge in [0.15, 0.2) is 0 Å². The number of aromatic nitrogens is 5. The molecule has 1 saturated heterocycles. The van der Waals surface area contributed by atoms with Crippen molar-refractivity contribution in [1.82, 2.24) is 24.1 Å². The standard InChI is InChI=1S/C31H29N9/c1-31(2,19-32)27-11-9-23(17-35-27)40-29-24-15-21(22-8-12-28(36-16-22)39-13-5-4-6-14-39)7-10-25(24)34-18-26(29)38(3)30(40)37-20-33/h7-12,15-18H,4-6,13-14H2,1-3H3. The van der Waals surface area contributed by atoms with Crippen LogP contribution in [0.3, 0.4) is 0 Å². The van der Waals surface area contributed by atoms with Crippen molar-refractivity contribution in [1.29, 1.82) is 10.5 Å². The van der Waals surface area contributed by atoms with Crippen LogP contribution in [0.4, 0.5) is 5.82 Å². The molecule has 1 aliphatic heterocycles. The highest BCUT2D eigenvalue weighted by Crippen LogP contribution is 2.31. The molecule has 4 aromatic heterocycles. The minimum atomic E-state index is -0.717. The molecule has 0 saturated carbocycles. The Bertz CT molecular complexity index is 1870. The van der Waals surface area contributed by atoms with Crippen LogP contribution in [0.15, 0.2) is 66.0 Å². The maximum atomic E-state index is 9.55. The van der Waals surface area contributed by atoms with Crippen LogP contribution >= 0.6 is 0 Å². The molecule has 9 nitrogen and oxygen atoms in total. The van der Waals surface area contributed by atoms with Crippen LogP contribution in [-0.4, -0.2) is 37.2 Å². The maximum absolute atomic E-state index is 9.55. The number of hydrogen-bond acceptors (Lipinski definition) is 7. The number of aryl methyl sites for hydroxylation is 1. The van der Waals surface area contributed by atoms with E-state index >= 15 is 0 Å². The molecular formula is C31H29N9. The van der Waals surface area contributed by atoms with Gasteiger partial charge >= 0.3 is 0 Å². The van der Waals surface area contributed by atoms with Crippen LogP contribution in [0.5, 0.6) is 0 Å². The lowest BCUT2D eigenvalue weighted by molar-refractivity contribution is 0.573. The van der Waals surface area contributed by atoms with Gasteiger partial charge in [0.1, 0.15) is 5.82 Å². The van der Waals surface area contributed by atoms with Gasteiger partial charge in [0, 0.05) is 37.3 Å². The monoisotopic (exact) mass is 527 g/mol. The first-order valence-electron chi connectivity index (χ1n) is 13.4. The van der Waals surface area contributed by atoms with Crippen molar-refractivity contribution in [2.24, 2.45) is 12.0 Å². The topological polar surface area (TPSA) is 112 Å². The zero-order valence-corrected chi connectivity index (χ0v) is 22.8. The molecular weight excluding hydrogens is 498 g/mol. The van der Waals surface area contributed by atoms with Crippen molar-refractivity contribution < 1.29 is 0 Å². The van der Waals surface area contributed by atoms with Gasteiger partial charge in [-0.05, 0) is 75.1 Å². The third kappa shape index (κ3) is 4.26. The van der Waals surface area contributed by atoms with Gasteiger partial charge in [-0.1, -0.05) is 6.07 Å². The first kappa shape index (κ1) is 25.3. The zero-order chi connectivity index (χ0) is 27.9. The second kappa shape index (κ2) is 9.94. The number of benzene rings is 1. The number of rotatable bonds is 4. The van der Waals surface area contributed by atoms with Gasteiger partial charge < -0.3 is 9.47 Å². The summed E-state index contributed by atoms with van der Waals surface area (Å²) in [5.74, 6) is 1.02. The van der Waals surface area contributed by atoms with E-state index in [0.29, 0.717) is 11.3 Å². The number of anilines is 1. The molecule has 5 aromatic rings. The highest BCUT2D eigenvalue weighted by atomic mass is 15.2. The normalized spacial score (nSPS) is 14.4. The first-order valence-corrected chi connectivity index (χ1v) is 13.4. The lowest BCUT2D eigenvalue weighted by Crippen LogP contribution is -2.29. The summed E-state index contributed by atoms with van der Waals surface area (Å²) in [5, 5.41) is 20.0. The molecule has 0 amide bonds. The van der Waals surface area contributed by atoms with E-state index in [1.807, 2.05) is 60.6 Å². The fourth-order valence-corrected chi connectivity index (χ4v) is 5.41. The smallest absolute Gasteiger partial charge is 0.226 e. The maximum Gasteiger partial charge on any atom is 0.226 e. The summed E-state index contributed by atoms with van der Waals surface area (Å²) < 4.78 is 3.79. The molecule has 0 radical (unpaired) electrons. The average Bonchev–Trinajstić information content (AvgIpc) is 3.29. The first-order chi connectivity index (χ1) is 19.4. The summed E-state index contributed by atoms with van der Waals surface area (Å²) in [4.78, 5) is 20.6. The fourth-order valence-electron chi connectivity index (χ4n) is 5.41. The second-order valence-corrected chi connectivity index (χ2v) is 10.7. The Morgan fingerprint density at radius 1 is 0.875 bits per heavy atom. The molecule has 6 rings (SSSR count). The Labute approximate surface area is 232 Å². The van der Waals surface area contributed by atoms with Gasteiger partial charge in [0.2, 0.25) is 11.8 Å². The summed E-state index contributed by atoms with van der Waals surface area (Å²) in [6, 6.07) is 16.5. The highest BCUT2D eigenvalue weighted by molar-refractivity contribution is 6.04. The quantitative estimate of drug-likeness (QED) is 0.299. The Hall–Kier alpha value is -5.02. The van der Waals surface area contributed by atoms with Gasteiger partial charge in [0.25, 0.3) is 0 Å². The van der Waals surface area contributed by atoms with Gasteiger partial charge in [-0.15, -0.1) is 4.99 Å². The molecule has 1 aromatic carbocycles. The van der Waals surface area contributed by atoms with Crippen LogP contribution < -0.4 is 10.5 Å². The predicted molar refractivity (Wildman–Crippen MR) is 154 cm³/mol. The van der Waals surface area contributed by atoms with Crippen molar-refractivity contribution in [2.75, 3.05) is 18.0 Å². The molecule has 1 fully saturated rings. The lowest BCUT2D eigenvalue weighted by atomic mass is 9.91. The van der Waals surface area contributed by atoms with E-state index in [4.69, 9.17) is 9.97 Å². The minimum absolute atomic E-state index is 0.457. The third-order valence-electron chi connectivity index (χ3n) is 7.74. The number of nitrogens with zero attached hydrogens (tertiary/aromatic N) is 9. The van der Waals surface area contributed by atoms with Crippen molar-refractivity contribution in [3.05, 3.63) is 72.4 Å². The largest absolute Gasteiger partial charge is 0.357 e. The van der Waals surface area contributed by atoms with Crippen molar-refractivity contribution in [3.63, 3.8) is 0 Å².